The molecule has 6 heteroatoms. The molecule has 0 fully saturated rings. The monoisotopic (exact) mass is 280 g/mol. The van der Waals surface area contributed by atoms with Crippen LogP contribution >= 0.6 is 0 Å². The van der Waals surface area contributed by atoms with Crippen molar-refractivity contribution in [2.45, 2.75) is 6.92 Å². The summed E-state index contributed by atoms with van der Waals surface area (Å²) in [5.74, 6) is -3.61. The SMILES string of the molecule is Cc1ccc(F)c(C(=O)Nc2cc(F)ccc2N)c1F. The molecule has 104 valence electrons. The second kappa shape index (κ2) is 5.24. The molecule has 0 aromatic heterocycles. The van der Waals surface area contributed by atoms with Crippen LogP contribution < -0.4 is 11.1 Å². The molecule has 2 rings (SSSR count). The average molecular weight is 280 g/mol. The summed E-state index contributed by atoms with van der Waals surface area (Å²) < 4.78 is 40.4. The van der Waals surface area contributed by atoms with Gasteiger partial charge >= 0.3 is 0 Å². The number of hydrogen-bond acceptors (Lipinski definition) is 2. The van der Waals surface area contributed by atoms with E-state index in [0.29, 0.717) is 0 Å². The van der Waals surface area contributed by atoms with Crippen molar-refractivity contribution >= 4 is 17.3 Å². The Balaban J connectivity index is 2.38. The number of benzene rings is 2. The summed E-state index contributed by atoms with van der Waals surface area (Å²) in [6.45, 7) is 1.40. The van der Waals surface area contributed by atoms with Crippen molar-refractivity contribution in [1.82, 2.24) is 0 Å². The molecule has 0 saturated heterocycles. The first-order chi connectivity index (χ1) is 9.40. The lowest BCUT2D eigenvalue weighted by Gasteiger charge is -2.10. The van der Waals surface area contributed by atoms with Gasteiger partial charge in [-0.15, -0.1) is 0 Å². The molecule has 0 unspecified atom stereocenters. The average Bonchev–Trinajstić information content (AvgIpc) is 2.39. The Bertz CT molecular complexity index is 686. The molecule has 0 saturated carbocycles. The first-order valence-corrected chi connectivity index (χ1v) is 5.71. The van der Waals surface area contributed by atoms with Crippen LogP contribution in [0.25, 0.3) is 0 Å². The molecule has 0 heterocycles. The number of rotatable bonds is 2. The minimum absolute atomic E-state index is 0.0460. The Morgan fingerprint density at radius 2 is 1.85 bits per heavy atom. The summed E-state index contributed by atoms with van der Waals surface area (Å²) in [7, 11) is 0. The Morgan fingerprint density at radius 3 is 2.55 bits per heavy atom. The fourth-order valence-corrected chi connectivity index (χ4v) is 1.69. The molecule has 20 heavy (non-hydrogen) atoms. The molecule has 0 spiro atoms. The van der Waals surface area contributed by atoms with Gasteiger partial charge in [0.15, 0.2) is 0 Å². The van der Waals surface area contributed by atoms with Crippen molar-refractivity contribution in [2.75, 3.05) is 11.1 Å². The largest absolute Gasteiger partial charge is 0.397 e. The van der Waals surface area contributed by atoms with Gasteiger partial charge in [0.05, 0.1) is 11.4 Å². The molecule has 2 aromatic rings. The van der Waals surface area contributed by atoms with Crippen molar-refractivity contribution in [3.8, 4) is 0 Å². The Hall–Kier alpha value is -2.50. The molecular weight excluding hydrogens is 269 g/mol. The highest BCUT2D eigenvalue weighted by Gasteiger charge is 2.20. The lowest BCUT2D eigenvalue weighted by atomic mass is 10.1. The van der Waals surface area contributed by atoms with Crippen molar-refractivity contribution in [2.24, 2.45) is 0 Å². The third kappa shape index (κ3) is 2.59. The van der Waals surface area contributed by atoms with Crippen molar-refractivity contribution in [3.05, 3.63) is 58.9 Å². The van der Waals surface area contributed by atoms with Gasteiger partial charge in [0.2, 0.25) is 0 Å². The minimum atomic E-state index is -1.03. The second-order valence-corrected chi connectivity index (χ2v) is 4.24. The van der Waals surface area contributed by atoms with Gasteiger partial charge in [0.1, 0.15) is 23.0 Å². The molecular formula is C14H11F3N2O. The highest BCUT2D eigenvalue weighted by Crippen LogP contribution is 2.22. The highest BCUT2D eigenvalue weighted by molar-refractivity contribution is 6.06. The zero-order valence-corrected chi connectivity index (χ0v) is 10.5. The predicted octanol–water partition coefficient (Wildman–Crippen LogP) is 3.25. The third-order valence-corrected chi connectivity index (χ3v) is 2.77. The van der Waals surface area contributed by atoms with Crippen LogP contribution in [-0.4, -0.2) is 5.91 Å². The summed E-state index contributed by atoms with van der Waals surface area (Å²) in [5.41, 5.74) is 5.00. The number of aryl methyl sites for hydroxylation is 1. The molecule has 0 aliphatic heterocycles. The molecule has 2 aromatic carbocycles. The summed E-state index contributed by atoms with van der Waals surface area (Å²) in [6.07, 6.45) is 0. The molecule has 0 radical (unpaired) electrons. The maximum atomic E-state index is 13.8. The number of nitrogens with two attached hydrogens (primary N) is 1. The molecule has 0 atom stereocenters. The van der Waals surface area contributed by atoms with Crippen LogP contribution in [0.15, 0.2) is 30.3 Å². The minimum Gasteiger partial charge on any atom is -0.397 e. The number of nitrogen functional groups attached to an aromatic ring is 1. The van der Waals surface area contributed by atoms with E-state index in [-0.39, 0.29) is 16.9 Å². The van der Waals surface area contributed by atoms with Gasteiger partial charge in [-0.3, -0.25) is 4.79 Å². The zero-order valence-electron chi connectivity index (χ0n) is 10.5. The van der Waals surface area contributed by atoms with Crippen LogP contribution in [0.4, 0.5) is 24.5 Å². The molecule has 1 amide bonds. The first kappa shape index (κ1) is 13.9. The molecule has 3 nitrogen and oxygen atoms in total. The zero-order chi connectivity index (χ0) is 14.9. The van der Waals surface area contributed by atoms with Gasteiger partial charge in [-0.2, -0.15) is 0 Å². The van der Waals surface area contributed by atoms with E-state index >= 15 is 0 Å². The van der Waals surface area contributed by atoms with E-state index in [1.165, 1.54) is 19.1 Å². The Morgan fingerprint density at radius 1 is 1.15 bits per heavy atom. The van der Waals surface area contributed by atoms with Crippen molar-refractivity contribution < 1.29 is 18.0 Å². The Kier molecular flexibility index (Phi) is 3.65. The van der Waals surface area contributed by atoms with Gasteiger partial charge in [0, 0.05) is 0 Å². The molecule has 0 bridgehead atoms. The van der Waals surface area contributed by atoms with E-state index in [4.69, 9.17) is 5.73 Å². The van der Waals surface area contributed by atoms with E-state index in [2.05, 4.69) is 5.32 Å². The molecule has 0 aliphatic rings. The van der Waals surface area contributed by atoms with Gasteiger partial charge in [-0.05, 0) is 36.8 Å². The maximum absolute atomic E-state index is 13.8. The topological polar surface area (TPSA) is 55.1 Å². The van der Waals surface area contributed by atoms with Crippen LogP contribution in [0.5, 0.6) is 0 Å². The van der Waals surface area contributed by atoms with Crippen LogP contribution in [0.2, 0.25) is 0 Å². The van der Waals surface area contributed by atoms with Gasteiger partial charge in [-0.1, -0.05) is 6.07 Å². The Labute approximate surface area is 113 Å². The van der Waals surface area contributed by atoms with Crippen LogP contribution in [0.3, 0.4) is 0 Å². The van der Waals surface area contributed by atoms with Crippen LogP contribution in [0, 0.1) is 24.4 Å². The van der Waals surface area contributed by atoms with Crippen LogP contribution in [-0.2, 0) is 0 Å². The predicted molar refractivity (Wildman–Crippen MR) is 69.9 cm³/mol. The smallest absolute Gasteiger partial charge is 0.261 e. The van der Waals surface area contributed by atoms with Crippen LogP contribution in [0.1, 0.15) is 15.9 Å². The maximum Gasteiger partial charge on any atom is 0.261 e. The van der Waals surface area contributed by atoms with E-state index in [1.54, 1.807) is 0 Å². The number of anilines is 2. The summed E-state index contributed by atoms with van der Waals surface area (Å²) in [4.78, 5) is 11.9. The highest BCUT2D eigenvalue weighted by atomic mass is 19.1. The fraction of sp³-hybridized carbons (Fsp3) is 0.0714. The van der Waals surface area contributed by atoms with Crippen molar-refractivity contribution in [1.29, 1.82) is 0 Å². The molecule has 0 aliphatic carbocycles. The summed E-state index contributed by atoms with van der Waals surface area (Å²) in [6, 6.07) is 5.53. The van der Waals surface area contributed by atoms with Gasteiger partial charge < -0.3 is 11.1 Å². The van der Waals surface area contributed by atoms with Crippen molar-refractivity contribution in [3.63, 3.8) is 0 Å². The lowest BCUT2D eigenvalue weighted by molar-refractivity contribution is 0.101. The van der Waals surface area contributed by atoms with Gasteiger partial charge in [-0.25, -0.2) is 13.2 Å². The summed E-state index contributed by atoms with van der Waals surface area (Å²) >= 11 is 0. The number of hydrogen-bond donors (Lipinski definition) is 2. The quantitative estimate of drug-likeness (QED) is 0.830. The van der Waals surface area contributed by atoms with E-state index < -0.39 is 28.9 Å². The fourth-order valence-electron chi connectivity index (χ4n) is 1.69. The second-order valence-electron chi connectivity index (χ2n) is 4.24. The number of halogens is 3. The standard InChI is InChI=1S/C14H11F3N2O/c1-7-2-4-9(16)12(13(7)17)14(20)19-11-6-8(15)3-5-10(11)18/h2-6H,18H2,1H3,(H,19,20). The molecule has 3 N–H and O–H groups in total. The van der Waals surface area contributed by atoms with E-state index in [9.17, 15) is 18.0 Å². The normalized spacial score (nSPS) is 10.4. The summed E-state index contributed by atoms with van der Waals surface area (Å²) in [5, 5.41) is 2.19. The van der Waals surface area contributed by atoms with Gasteiger partial charge in [0.25, 0.3) is 5.91 Å². The lowest BCUT2D eigenvalue weighted by Crippen LogP contribution is -2.17. The van der Waals surface area contributed by atoms with E-state index in [0.717, 1.165) is 18.2 Å². The third-order valence-electron chi connectivity index (χ3n) is 2.77. The number of carbonyl (C=O) groups excluding carboxylic acids is 1. The van der Waals surface area contributed by atoms with E-state index in [1.807, 2.05) is 0 Å². The number of carbonyl (C=O) groups is 1. The number of nitrogens with one attached hydrogen (secondary N) is 1. The number of amides is 1. The first-order valence-electron chi connectivity index (χ1n) is 5.71.